The van der Waals surface area contributed by atoms with Gasteiger partial charge in [-0.2, -0.15) is 10.2 Å². The van der Waals surface area contributed by atoms with Crippen molar-refractivity contribution < 1.29 is 9.53 Å². The number of hydrogen-bond acceptors (Lipinski definition) is 5. The van der Waals surface area contributed by atoms with Crippen LogP contribution in [-0.2, 0) is 11.8 Å². The summed E-state index contributed by atoms with van der Waals surface area (Å²) in [6.45, 7) is 1.46. The van der Waals surface area contributed by atoms with E-state index in [0.29, 0.717) is 5.56 Å². The molecule has 4 heterocycles. The second-order valence-corrected chi connectivity index (χ2v) is 5.73. The van der Waals surface area contributed by atoms with Crippen LogP contribution in [0.3, 0.4) is 0 Å². The summed E-state index contributed by atoms with van der Waals surface area (Å²) in [5.41, 5.74) is 3.95. The predicted molar refractivity (Wildman–Crippen MR) is 84.2 cm³/mol. The van der Waals surface area contributed by atoms with E-state index in [1.54, 1.807) is 17.1 Å². The number of aromatic nitrogens is 5. The molecule has 1 aliphatic rings. The van der Waals surface area contributed by atoms with Crippen molar-refractivity contribution in [2.24, 2.45) is 7.05 Å². The fourth-order valence-electron chi connectivity index (χ4n) is 3.09. The molecule has 0 atom stereocenters. The number of carbonyl (C=O) groups is 1. The SMILES string of the molecule is Cn1nccc1-c1nn(C2CCOCC2)c2cc(C=O)cnc12. The van der Waals surface area contributed by atoms with Crippen molar-refractivity contribution in [1.82, 2.24) is 24.5 Å². The Labute approximate surface area is 132 Å². The van der Waals surface area contributed by atoms with Crippen molar-refractivity contribution in [1.29, 1.82) is 0 Å². The van der Waals surface area contributed by atoms with Gasteiger partial charge in [-0.05, 0) is 25.0 Å². The number of aldehydes is 1. The molecule has 0 radical (unpaired) electrons. The molecule has 118 valence electrons. The number of hydrogen-bond donors (Lipinski definition) is 0. The highest BCUT2D eigenvalue weighted by Crippen LogP contribution is 2.31. The fourth-order valence-corrected chi connectivity index (χ4v) is 3.09. The number of ether oxygens (including phenoxy) is 1. The van der Waals surface area contributed by atoms with Crippen LogP contribution in [0.5, 0.6) is 0 Å². The van der Waals surface area contributed by atoms with Crippen molar-refractivity contribution >= 4 is 17.3 Å². The van der Waals surface area contributed by atoms with Crippen molar-refractivity contribution in [3.63, 3.8) is 0 Å². The minimum atomic E-state index is 0.261. The molecule has 3 aromatic rings. The normalized spacial score (nSPS) is 16.0. The summed E-state index contributed by atoms with van der Waals surface area (Å²) in [6, 6.07) is 4.04. The molecule has 0 amide bonds. The number of pyridine rings is 1. The number of fused-ring (bicyclic) bond motifs is 1. The van der Waals surface area contributed by atoms with E-state index in [-0.39, 0.29) is 6.04 Å². The van der Waals surface area contributed by atoms with Crippen LogP contribution < -0.4 is 0 Å². The summed E-state index contributed by atoms with van der Waals surface area (Å²) in [5, 5.41) is 9.03. The van der Waals surface area contributed by atoms with Crippen molar-refractivity contribution in [2.75, 3.05) is 13.2 Å². The molecule has 0 N–H and O–H groups in total. The fraction of sp³-hybridized carbons (Fsp3) is 0.375. The Bertz CT molecular complexity index is 861. The molecule has 3 aromatic heterocycles. The van der Waals surface area contributed by atoms with E-state index >= 15 is 0 Å². The molecule has 0 unspecified atom stereocenters. The van der Waals surface area contributed by atoms with Crippen LogP contribution in [0, 0.1) is 0 Å². The number of carbonyl (C=O) groups excluding carboxylic acids is 1. The first-order valence-electron chi connectivity index (χ1n) is 7.67. The quantitative estimate of drug-likeness (QED) is 0.692. The largest absolute Gasteiger partial charge is 0.381 e. The van der Waals surface area contributed by atoms with Crippen LogP contribution in [0.25, 0.3) is 22.4 Å². The lowest BCUT2D eigenvalue weighted by Crippen LogP contribution is -2.20. The Kier molecular flexibility index (Phi) is 3.42. The van der Waals surface area contributed by atoms with Gasteiger partial charge >= 0.3 is 0 Å². The molecule has 0 bridgehead atoms. The van der Waals surface area contributed by atoms with Gasteiger partial charge in [0.05, 0.1) is 17.3 Å². The maximum atomic E-state index is 11.1. The molecule has 4 rings (SSSR count). The molecular formula is C16H17N5O2. The zero-order valence-electron chi connectivity index (χ0n) is 12.8. The Balaban J connectivity index is 1.93. The van der Waals surface area contributed by atoms with Crippen molar-refractivity contribution in [3.05, 3.63) is 30.1 Å². The maximum Gasteiger partial charge on any atom is 0.151 e. The molecule has 7 heteroatoms. The minimum absolute atomic E-state index is 0.261. The second kappa shape index (κ2) is 5.58. The molecule has 1 saturated heterocycles. The van der Waals surface area contributed by atoms with Gasteiger partial charge in [0.15, 0.2) is 6.29 Å². The van der Waals surface area contributed by atoms with E-state index in [9.17, 15) is 4.79 Å². The zero-order chi connectivity index (χ0) is 15.8. The molecule has 7 nitrogen and oxygen atoms in total. The molecule has 0 aromatic carbocycles. The second-order valence-electron chi connectivity index (χ2n) is 5.73. The van der Waals surface area contributed by atoms with Gasteiger partial charge in [-0.1, -0.05) is 0 Å². The van der Waals surface area contributed by atoms with Crippen LogP contribution in [0.1, 0.15) is 29.2 Å². The predicted octanol–water partition coefficient (Wildman–Crippen LogP) is 2.00. The molecule has 0 saturated carbocycles. The lowest BCUT2D eigenvalue weighted by molar-refractivity contribution is 0.0675. The third kappa shape index (κ3) is 2.33. The van der Waals surface area contributed by atoms with Gasteiger partial charge in [0.1, 0.15) is 11.2 Å². The standard InChI is InChI=1S/C16H17N5O2/c1-20-13(2-5-18-20)16-15-14(8-11(10-22)9-17-15)21(19-16)12-3-6-23-7-4-12/h2,5,8-10,12H,3-4,6-7H2,1H3. The first-order valence-corrected chi connectivity index (χ1v) is 7.67. The van der Waals surface area contributed by atoms with E-state index < -0.39 is 0 Å². The van der Waals surface area contributed by atoms with Crippen molar-refractivity contribution in [2.45, 2.75) is 18.9 Å². The average Bonchev–Trinajstić information content (AvgIpc) is 3.18. The first-order chi connectivity index (χ1) is 11.3. The monoisotopic (exact) mass is 311 g/mol. The third-order valence-corrected chi connectivity index (χ3v) is 4.30. The minimum Gasteiger partial charge on any atom is -0.381 e. The van der Waals surface area contributed by atoms with Gasteiger partial charge < -0.3 is 4.74 Å². The molecule has 1 fully saturated rings. The molecule has 1 aliphatic heterocycles. The van der Waals surface area contributed by atoms with E-state index in [4.69, 9.17) is 9.84 Å². The molecule has 0 spiro atoms. The average molecular weight is 311 g/mol. The summed E-state index contributed by atoms with van der Waals surface area (Å²) in [6.07, 6.45) is 5.97. The molecule has 23 heavy (non-hydrogen) atoms. The Morgan fingerprint density at radius 2 is 2.17 bits per heavy atom. The number of aryl methyl sites for hydroxylation is 1. The highest BCUT2D eigenvalue weighted by Gasteiger charge is 2.23. The summed E-state index contributed by atoms with van der Waals surface area (Å²) in [7, 11) is 1.88. The van der Waals surface area contributed by atoms with Gasteiger partial charge in [0, 0.05) is 38.2 Å². The summed E-state index contributed by atoms with van der Waals surface area (Å²) >= 11 is 0. The number of rotatable bonds is 3. The van der Waals surface area contributed by atoms with E-state index in [0.717, 1.165) is 54.8 Å². The van der Waals surface area contributed by atoms with E-state index in [1.165, 1.54) is 0 Å². The first kappa shape index (κ1) is 14.1. The van der Waals surface area contributed by atoms with Gasteiger partial charge in [-0.25, -0.2) is 0 Å². The summed E-state index contributed by atoms with van der Waals surface area (Å²) < 4.78 is 9.23. The van der Waals surface area contributed by atoms with Gasteiger partial charge in [0.2, 0.25) is 0 Å². The Morgan fingerprint density at radius 3 is 2.87 bits per heavy atom. The van der Waals surface area contributed by atoms with Gasteiger partial charge in [0.25, 0.3) is 0 Å². The number of nitrogens with zero attached hydrogens (tertiary/aromatic N) is 5. The van der Waals surface area contributed by atoms with Gasteiger partial charge in [-0.15, -0.1) is 0 Å². The highest BCUT2D eigenvalue weighted by molar-refractivity contribution is 5.92. The molecular weight excluding hydrogens is 294 g/mol. The van der Waals surface area contributed by atoms with Crippen LogP contribution >= 0.6 is 0 Å². The summed E-state index contributed by atoms with van der Waals surface area (Å²) in [5.74, 6) is 0. The lowest BCUT2D eigenvalue weighted by atomic mass is 10.1. The van der Waals surface area contributed by atoms with Crippen molar-refractivity contribution in [3.8, 4) is 11.4 Å². The summed E-state index contributed by atoms with van der Waals surface area (Å²) in [4.78, 5) is 15.6. The van der Waals surface area contributed by atoms with E-state index in [1.807, 2.05) is 23.9 Å². The smallest absolute Gasteiger partial charge is 0.151 e. The Morgan fingerprint density at radius 1 is 1.35 bits per heavy atom. The zero-order valence-corrected chi connectivity index (χ0v) is 12.8. The third-order valence-electron chi connectivity index (χ3n) is 4.30. The lowest BCUT2D eigenvalue weighted by Gasteiger charge is -2.23. The van der Waals surface area contributed by atoms with Crippen LogP contribution in [-0.4, -0.2) is 44.0 Å². The van der Waals surface area contributed by atoms with Crippen LogP contribution in [0.15, 0.2) is 24.5 Å². The Hall–Kier alpha value is -2.54. The van der Waals surface area contributed by atoms with Crippen LogP contribution in [0.4, 0.5) is 0 Å². The van der Waals surface area contributed by atoms with Crippen LogP contribution in [0.2, 0.25) is 0 Å². The van der Waals surface area contributed by atoms with E-state index in [2.05, 4.69) is 10.1 Å². The van der Waals surface area contributed by atoms with Gasteiger partial charge in [-0.3, -0.25) is 19.1 Å². The topological polar surface area (TPSA) is 74.8 Å². The highest BCUT2D eigenvalue weighted by atomic mass is 16.5. The maximum absolute atomic E-state index is 11.1. The molecule has 0 aliphatic carbocycles.